The highest BCUT2D eigenvalue weighted by atomic mass is 32.3. The predicted octanol–water partition coefficient (Wildman–Crippen LogP) is -1.65. The second-order valence-corrected chi connectivity index (χ2v) is 4.94. The molecule has 0 radical (unpaired) electrons. The van der Waals surface area contributed by atoms with Gasteiger partial charge in [-0.15, -0.1) is 0 Å². The molecule has 0 atom stereocenters. The topological polar surface area (TPSA) is 166 Å². The molecule has 3 N–H and O–H groups in total. The molecular formula is C5H11NO10S2. The third kappa shape index (κ3) is 10.2. The largest absolute Gasteiger partial charge is 0.453 e. The standard InChI is InChI=1S/C5H11NO10S2/c1-14-5(7)6-4(2-15-17(8,9)10)3-16-18(11,12)13/h4H,2-3H2,1H3,(H,6,7)(H,8,9,10)(H,11,12,13). The fourth-order valence-corrected chi connectivity index (χ4v) is 1.37. The summed E-state index contributed by atoms with van der Waals surface area (Å²) in [7, 11) is -8.55. The van der Waals surface area contributed by atoms with Gasteiger partial charge >= 0.3 is 26.9 Å². The van der Waals surface area contributed by atoms with Gasteiger partial charge < -0.3 is 10.1 Å². The van der Waals surface area contributed by atoms with Gasteiger partial charge in [-0.1, -0.05) is 0 Å². The molecule has 0 aromatic heterocycles. The van der Waals surface area contributed by atoms with E-state index >= 15 is 0 Å². The van der Waals surface area contributed by atoms with Crippen LogP contribution in [0.5, 0.6) is 0 Å². The van der Waals surface area contributed by atoms with Crippen molar-refractivity contribution in [1.29, 1.82) is 0 Å². The van der Waals surface area contributed by atoms with E-state index in [1.54, 1.807) is 0 Å². The van der Waals surface area contributed by atoms with Gasteiger partial charge in [-0.3, -0.25) is 9.11 Å². The Hall–Kier alpha value is -0.990. The number of hydrogen-bond donors (Lipinski definition) is 3. The second kappa shape index (κ2) is 6.81. The molecule has 0 saturated heterocycles. The van der Waals surface area contributed by atoms with Gasteiger partial charge in [-0.25, -0.2) is 13.2 Å². The first-order valence-corrected chi connectivity index (χ1v) is 6.84. The van der Waals surface area contributed by atoms with Gasteiger partial charge in [0.2, 0.25) is 0 Å². The summed E-state index contributed by atoms with van der Waals surface area (Å²) in [5.41, 5.74) is 0. The van der Waals surface area contributed by atoms with Crippen LogP contribution in [-0.4, -0.2) is 58.4 Å². The van der Waals surface area contributed by atoms with Crippen molar-refractivity contribution in [2.45, 2.75) is 6.04 Å². The van der Waals surface area contributed by atoms with Crippen molar-refractivity contribution in [2.75, 3.05) is 20.3 Å². The Labute approximate surface area is 103 Å². The average Bonchev–Trinajstić information content (AvgIpc) is 2.19. The zero-order valence-corrected chi connectivity index (χ0v) is 10.6. The summed E-state index contributed by atoms with van der Waals surface area (Å²) in [6.07, 6.45) is -1.03. The van der Waals surface area contributed by atoms with Crippen molar-refractivity contribution in [3.8, 4) is 0 Å². The first-order chi connectivity index (χ1) is 8.03. The minimum Gasteiger partial charge on any atom is -0.453 e. The molecule has 0 aromatic carbocycles. The number of carbonyl (C=O) groups is 1. The van der Waals surface area contributed by atoms with Crippen molar-refractivity contribution < 1.29 is 43.8 Å². The first kappa shape index (κ1) is 17.0. The normalized spacial score (nSPS) is 12.4. The van der Waals surface area contributed by atoms with Crippen LogP contribution in [-0.2, 0) is 33.9 Å². The Bertz CT molecular complexity index is 430. The van der Waals surface area contributed by atoms with E-state index in [0.717, 1.165) is 7.11 Å². The number of rotatable bonds is 7. The van der Waals surface area contributed by atoms with Gasteiger partial charge in [0.05, 0.1) is 26.4 Å². The lowest BCUT2D eigenvalue weighted by molar-refractivity contribution is 0.141. The third-order valence-corrected chi connectivity index (χ3v) is 2.21. The lowest BCUT2D eigenvalue weighted by Gasteiger charge is -2.15. The zero-order valence-electron chi connectivity index (χ0n) is 8.97. The first-order valence-electron chi connectivity index (χ1n) is 4.11. The smallest absolute Gasteiger partial charge is 0.407 e. The number of alkyl carbamates (subject to hydrolysis) is 1. The van der Waals surface area contributed by atoms with Gasteiger partial charge in [0, 0.05) is 0 Å². The zero-order chi connectivity index (χ0) is 14.4. The van der Waals surface area contributed by atoms with Crippen molar-refractivity contribution in [2.24, 2.45) is 0 Å². The average molecular weight is 309 g/mol. The highest BCUT2D eigenvalue weighted by molar-refractivity contribution is 7.81. The quantitative estimate of drug-likeness (QED) is 0.463. The summed E-state index contributed by atoms with van der Waals surface area (Å²) >= 11 is 0. The molecular weight excluding hydrogens is 298 g/mol. The van der Waals surface area contributed by atoms with Crippen LogP contribution in [0.1, 0.15) is 0 Å². The third-order valence-electron chi connectivity index (χ3n) is 1.34. The van der Waals surface area contributed by atoms with Crippen LogP contribution in [0.2, 0.25) is 0 Å². The summed E-state index contributed by atoms with van der Waals surface area (Å²) in [6.45, 7) is -1.66. The van der Waals surface area contributed by atoms with E-state index in [1.165, 1.54) is 0 Å². The van der Waals surface area contributed by atoms with Crippen LogP contribution in [0, 0.1) is 0 Å². The molecule has 0 heterocycles. The Kier molecular flexibility index (Phi) is 6.44. The Morgan fingerprint density at radius 3 is 1.78 bits per heavy atom. The predicted molar refractivity (Wildman–Crippen MR) is 54.3 cm³/mol. The lowest BCUT2D eigenvalue weighted by atomic mass is 10.3. The van der Waals surface area contributed by atoms with Crippen molar-refractivity contribution in [3.63, 3.8) is 0 Å². The van der Waals surface area contributed by atoms with E-state index in [-0.39, 0.29) is 0 Å². The fraction of sp³-hybridized carbons (Fsp3) is 0.800. The molecule has 0 aromatic rings. The molecule has 108 valence electrons. The summed E-state index contributed by atoms with van der Waals surface area (Å²) < 4.78 is 69.6. The highest BCUT2D eigenvalue weighted by Gasteiger charge is 2.19. The highest BCUT2D eigenvalue weighted by Crippen LogP contribution is 1.96. The maximum absolute atomic E-state index is 10.8. The van der Waals surface area contributed by atoms with Crippen LogP contribution in [0.4, 0.5) is 4.79 Å². The molecule has 0 spiro atoms. The van der Waals surface area contributed by atoms with Gasteiger partial charge in [-0.05, 0) is 0 Å². The monoisotopic (exact) mass is 309 g/mol. The minimum atomic E-state index is -4.78. The number of methoxy groups -OCH3 is 1. The van der Waals surface area contributed by atoms with Crippen LogP contribution >= 0.6 is 0 Å². The molecule has 0 saturated carbocycles. The molecule has 0 aliphatic carbocycles. The van der Waals surface area contributed by atoms with Crippen LogP contribution in [0.15, 0.2) is 0 Å². The number of ether oxygens (including phenoxy) is 1. The molecule has 0 aliphatic rings. The Morgan fingerprint density at radius 2 is 1.50 bits per heavy atom. The Balaban J connectivity index is 4.47. The van der Waals surface area contributed by atoms with E-state index in [4.69, 9.17) is 9.11 Å². The minimum absolute atomic E-state index is 0.830. The lowest BCUT2D eigenvalue weighted by Crippen LogP contribution is -2.42. The second-order valence-electron chi connectivity index (χ2n) is 2.76. The van der Waals surface area contributed by atoms with Gasteiger partial charge in [0.1, 0.15) is 0 Å². The van der Waals surface area contributed by atoms with Crippen molar-refractivity contribution >= 4 is 26.9 Å². The van der Waals surface area contributed by atoms with Crippen LogP contribution < -0.4 is 5.32 Å². The number of amides is 1. The van der Waals surface area contributed by atoms with Crippen LogP contribution in [0.25, 0.3) is 0 Å². The molecule has 0 bridgehead atoms. The maximum atomic E-state index is 10.8. The van der Waals surface area contributed by atoms with Gasteiger partial charge in [0.25, 0.3) is 0 Å². The van der Waals surface area contributed by atoms with E-state index in [0.29, 0.717) is 0 Å². The van der Waals surface area contributed by atoms with E-state index < -0.39 is 46.1 Å². The van der Waals surface area contributed by atoms with Crippen LogP contribution in [0.3, 0.4) is 0 Å². The molecule has 0 fully saturated rings. The SMILES string of the molecule is COC(=O)NC(COS(=O)(=O)O)COS(=O)(=O)O. The molecule has 11 nitrogen and oxygen atoms in total. The number of nitrogens with one attached hydrogen (secondary N) is 1. The molecule has 0 aliphatic heterocycles. The summed E-state index contributed by atoms with van der Waals surface area (Å²) in [5, 5.41) is 1.95. The number of hydrogen-bond acceptors (Lipinski definition) is 8. The molecule has 13 heteroatoms. The van der Waals surface area contributed by atoms with Crippen molar-refractivity contribution in [1.82, 2.24) is 5.32 Å². The molecule has 18 heavy (non-hydrogen) atoms. The molecule has 1 amide bonds. The summed E-state index contributed by atoms with van der Waals surface area (Å²) in [6, 6.07) is -1.30. The van der Waals surface area contributed by atoms with Crippen molar-refractivity contribution in [3.05, 3.63) is 0 Å². The van der Waals surface area contributed by atoms with Gasteiger partial charge in [-0.2, -0.15) is 16.8 Å². The van der Waals surface area contributed by atoms with E-state index in [2.05, 4.69) is 13.1 Å². The van der Waals surface area contributed by atoms with E-state index in [1.807, 2.05) is 5.32 Å². The maximum Gasteiger partial charge on any atom is 0.407 e. The van der Waals surface area contributed by atoms with E-state index in [9.17, 15) is 21.6 Å². The Morgan fingerprint density at radius 1 is 1.11 bits per heavy atom. The molecule has 0 unspecified atom stereocenters. The van der Waals surface area contributed by atoms with Gasteiger partial charge in [0.15, 0.2) is 0 Å². The summed E-state index contributed by atoms with van der Waals surface area (Å²) in [4.78, 5) is 10.8. The molecule has 0 rings (SSSR count). The number of carbonyl (C=O) groups excluding carboxylic acids is 1. The summed E-state index contributed by atoms with van der Waals surface area (Å²) in [5.74, 6) is 0. The fourth-order valence-electron chi connectivity index (χ4n) is 0.693.